The van der Waals surface area contributed by atoms with Gasteiger partial charge in [0.15, 0.2) is 0 Å². The van der Waals surface area contributed by atoms with Crippen molar-refractivity contribution in [3.8, 4) is 17.2 Å². The van der Waals surface area contributed by atoms with Gasteiger partial charge in [-0.2, -0.15) is 0 Å². The van der Waals surface area contributed by atoms with Crippen molar-refractivity contribution in [2.45, 2.75) is 37.6 Å². The molecule has 0 unspecified atom stereocenters. The van der Waals surface area contributed by atoms with Crippen molar-refractivity contribution < 1.29 is 23.8 Å². The molecule has 1 aliphatic heterocycles. The molecule has 0 radical (unpaired) electrons. The Hall–Kier alpha value is -3.94. The summed E-state index contributed by atoms with van der Waals surface area (Å²) in [6, 6.07) is 11.4. The second-order valence-electron chi connectivity index (χ2n) is 9.22. The van der Waals surface area contributed by atoms with E-state index in [9.17, 15) is 19.1 Å². The molecule has 3 aliphatic rings. The number of fused-ring (bicyclic) bond motifs is 2. The van der Waals surface area contributed by atoms with Crippen LogP contribution in [0.2, 0.25) is 0 Å². The number of anilines is 1. The molecule has 2 amide bonds. The molecule has 0 spiro atoms. The maximum atomic E-state index is 14.3. The highest BCUT2D eigenvalue weighted by Gasteiger charge is 2.80. The number of carbonyl (C=O) groups excluding carboxylic acids is 2. The molecular formula is C26H22FN3O4. The number of carbonyl (C=O) groups is 2. The summed E-state index contributed by atoms with van der Waals surface area (Å²) in [4.78, 5) is 28.7. The summed E-state index contributed by atoms with van der Waals surface area (Å²) in [5.74, 6) is 0.861. The van der Waals surface area contributed by atoms with Gasteiger partial charge in [-0.3, -0.25) is 9.59 Å². The number of phenolic OH excluding ortho intramolecular Hbond substituents is 1. The van der Waals surface area contributed by atoms with E-state index in [1.165, 1.54) is 6.07 Å². The fraction of sp³-hybridized carbons (Fsp3) is 0.269. The number of rotatable bonds is 5. The Balaban J connectivity index is 1.23. The van der Waals surface area contributed by atoms with Gasteiger partial charge in [-0.15, -0.1) is 0 Å². The van der Waals surface area contributed by atoms with Crippen LogP contribution in [0.4, 0.5) is 10.2 Å². The molecule has 2 heterocycles. The van der Waals surface area contributed by atoms with E-state index in [2.05, 4.69) is 15.6 Å². The van der Waals surface area contributed by atoms with Gasteiger partial charge in [0.05, 0.1) is 11.1 Å². The molecule has 2 saturated carbocycles. The van der Waals surface area contributed by atoms with Crippen molar-refractivity contribution in [2.24, 2.45) is 5.92 Å². The number of nitrogens with zero attached hydrogens (tertiary/aromatic N) is 1. The molecule has 2 aliphatic carbocycles. The molecule has 8 heteroatoms. The molecule has 34 heavy (non-hydrogen) atoms. The van der Waals surface area contributed by atoms with Crippen molar-refractivity contribution in [3.05, 3.63) is 76.7 Å². The van der Waals surface area contributed by atoms with E-state index in [-0.39, 0.29) is 29.1 Å². The van der Waals surface area contributed by atoms with Gasteiger partial charge in [-0.05, 0) is 61.6 Å². The molecule has 7 nitrogen and oxygen atoms in total. The summed E-state index contributed by atoms with van der Waals surface area (Å²) in [6.45, 7) is 1.71. The van der Waals surface area contributed by atoms with Gasteiger partial charge in [-0.25, -0.2) is 9.37 Å². The third-order valence-electron chi connectivity index (χ3n) is 7.14. The summed E-state index contributed by atoms with van der Waals surface area (Å²) in [5.41, 5.74) is 1.70. The standard InChI is InChI=1S/C26H22FN3O4/c1-13-3-2-4-18(27)22(13)25(33)30-26-12-17(26)23(26)16-11-14(5-7-19(16)31)34-20-9-10-28-24-15(20)6-8-21(32)29-24/h2-5,7,9-11,17,23,31H,6,8,12H2,1H3,(H,30,33)(H,28,29,32)/t17-,23+,26-/m0/s1. The van der Waals surface area contributed by atoms with E-state index in [1.54, 1.807) is 49.5 Å². The Labute approximate surface area is 195 Å². The fourth-order valence-corrected chi connectivity index (χ4v) is 5.14. The third-order valence-corrected chi connectivity index (χ3v) is 7.14. The summed E-state index contributed by atoms with van der Waals surface area (Å²) in [6.07, 6.45) is 3.26. The first-order chi connectivity index (χ1) is 16.4. The number of aryl methyl sites for hydroxylation is 1. The number of pyridine rings is 1. The number of nitrogens with one attached hydrogen (secondary N) is 2. The number of aromatic hydroxyl groups is 1. The van der Waals surface area contributed by atoms with Crippen molar-refractivity contribution >= 4 is 17.6 Å². The zero-order valence-electron chi connectivity index (χ0n) is 18.4. The van der Waals surface area contributed by atoms with Gasteiger partial charge >= 0.3 is 0 Å². The predicted molar refractivity (Wildman–Crippen MR) is 122 cm³/mol. The Morgan fingerprint density at radius 1 is 1.26 bits per heavy atom. The number of benzene rings is 2. The summed E-state index contributed by atoms with van der Waals surface area (Å²) < 4.78 is 20.4. The largest absolute Gasteiger partial charge is 0.508 e. The second-order valence-corrected chi connectivity index (χ2v) is 9.22. The maximum absolute atomic E-state index is 14.3. The molecule has 2 fully saturated rings. The fourth-order valence-electron chi connectivity index (χ4n) is 5.14. The summed E-state index contributed by atoms with van der Waals surface area (Å²) in [5, 5.41) is 16.3. The lowest BCUT2D eigenvalue weighted by Crippen LogP contribution is -2.34. The van der Waals surface area contributed by atoms with Crippen LogP contribution in [0.15, 0.2) is 48.7 Å². The normalized spacial score (nSPS) is 23.9. The number of aromatic nitrogens is 1. The monoisotopic (exact) mass is 459 g/mol. The first-order valence-corrected chi connectivity index (χ1v) is 11.2. The number of amides is 2. The molecule has 172 valence electrons. The van der Waals surface area contributed by atoms with Crippen molar-refractivity contribution in [3.63, 3.8) is 0 Å². The predicted octanol–water partition coefficient (Wildman–Crippen LogP) is 4.20. The van der Waals surface area contributed by atoms with Gasteiger partial charge in [0.25, 0.3) is 5.91 Å². The van der Waals surface area contributed by atoms with Crippen LogP contribution in [0, 0.1) is 18.7 Å². The highest BCUT2D eigenvalue weighted by atomic mass is 19.1. The Morgan fingerprint density at radius 3 is 2.91 bits per heavy atom. The summed E-state index contributed by atoms with van der Waals surface area (Å²) >= 11 is 0. The van der Waals surface area contributed by atoms with Gasteiger partial charge < -0.3 is 20.5 Å². The molecular weight excluding hydrogens is 437 g/mol. The molecule has 0 bridgehead atoms. The highest BCUT2D eigenvalue weighted by Crippen LogP contribution is 2.77. The van der Waals surface area contributed by atoms with Crippen molar-refractivity contribution in [1.29, 1.82) is 0 Å². The van der Waals surface area contributed by atoms with Crippen LogP contribution in [-0.2, 0) is 11.2 Å². The maximum Gasteiger partial charge on any atom is 0.254 e. The smallest absolute Gasteiger partial charge is 0.254 e. The van der Waals surface area contributed by atoms with Crippen LogP contribution in [0.3, 0.4) is 0 Å². The average Bonchev–Trinajstić information content (AvgIpc) is 3.65. The third kappa shape index (κ3) is 3.21. The van der Waals surface area contributed by atoms with Crippen LogP contribution < -0.4 is 15.4 Å². The van der Waals surface area contributed by atoms with Gasteiger partial charge in [-0.1, -0.05) is 12.1 Å². The number of hydrogen-bond acceptors (Lipinski definition) is 5. The minimum absolute atomic E-state index is 0.0577. The minimum Gasteiger partial charge on any atom is -0.508 e. The zero-order valence-corrected chi connectivity index (χ0v) is 18.4. The number of halogens is 1. The van der Waals surface area contributed by atoms with E-state index < -0.39 is 17.3 Å². The SMILES string of the molecule is Cc1cccc(F)c1C(=O)N[C@@]12C[C@H]1[C@H]2c1cc(Oc2ccnc3c2CCC(=O)N3)ccc1O. The Morgan fingerprint density at radius 2 is 2.12 bits per heavy atom. The van der Waals surface area contributed by atoms with Gasteiger partial charge in [0, 0.05) is 29.7 Å². The van der Waals surface area contributed by atoms with Crippen molar-refractivity contribution in [1.82, 2.24) is 10.3 Å². The van der Waals surface area contributed by atoms with E-state index in [0.29, 0.717) is 41.3 Å². The molecule has 6 rings (SSSR count). The first kappa shape index (κ1) is 20.7. The quantitative estimate of drug-likeness (QED) is 0.531. The Bertz CT molecular complexity index is 1350. The topological polar surface area (TPSA) is 101 Å². The number of hydrogen-bond donors (Lipinski definition) is 3. The first-order valence-electron chi connectivity index (χ1n) is 11.2. The molecule has 0 saturated heterocycles. The number of phenols is 1. The molecule has 3 N–H and O–H groups in total. The van der Waals surface area contributed by atoms with E-state index in [0.717, 1.165) is 12.0 Å². The van der Waals surface area contributed by atoms with E-state index >= 15 is 0 Å². The van der Waals surface area contributed by atoms with Gasteiger partial charge in [0.2, 0.25) is 5.91 Å². The zero-order chi connectivity index (χ0) is 23.6. The van der Waals surface area contributed by atoms with Crippen molar-refractivity contribution in [2.75, 3.05) is 5.32 Å². The van der Waals surface area contributed by atoms with Crippen LogP contribution in [0.1, 0.15) is 45.8 Å². The van der Waals surface area contributed by atoms with E-state index in [1.807, 2.05) is 0 Å². The lowest BCUT2D eigenvalue weighted by molar-refractivity contribution is -0.116. The average molecular weight is 459 g/mol. The lowest BCUT2D eigenvalue weighted by Gasteiger charge is -2.20. The lowest BCUT2D eigenvalue weighted by atomic mass is 9.99. The molecule has 2 aromatic carbocycles. The van der Waals surface area contributed by atoms with E-state index in [4.69, 9.17) is 4.74 Å². The number of ether oxygens (including phenoxy) is 1. The highest BCUT2D eigenvalue weighted by molar-refractivity contribution is 5.97. The van der Waals surface area contributed by atoms with Crippen LogP contribution in [-0.4, -0.2) is 27.4 Å². The van der Waals surface area contributed by atoms with Crippen LogP contribution in [0.5, 0.6) is 17.2 Å². The molecule has 1 aromatic heterocycles. The van der Waals surface area contributed by atoms with Gasteiger partial charge in [0.1, 0.15) is 28.9 Å². The Kier molecular flexibility index (Phi) is 4.42. The summed E-state index contributed by atoms with van der Waals surface area (Å²) in [7, 11) is 0. The molecule has 3 aromatic rings. The van der Waals surface area contributed by atoms with Crippen LogP contribution >= 0.6 is 0 Å². The minimum atomic E-state index is -0.543. The molecule has 3 atom stereocenters. The van der Waals surface area contributed by atoms with Crippen LogP contribution in [0.25, 0.3) is 0 Å². The second kappa shape index (κ2) is 7.28.